The van der Waals surface area contributed by atoms with Crippen molar-refractivity contribution in [3.63, 3.8) is 0 Å². The van der Waals surface area contributed by atoms with Gasteiger partial charge < -0.3 is 9.64 Å². The molecule has 1 aromatic rings. The van der Waals surface area contributed by atoms with E-state index in [1.165, 1.54) is 7.11 Å². The number of carbonyl (C=O) groups excluding carboxylic acids is 1. The number of ether oxygens (including phenoxy) is 1. The Kier molecular flexibility index (Phi) is 4.02. The molecule has 0 amide bonds. The van der Waals surface area contributed by atoms with Gasteiger partial charge in [0.25, 0.3) is 0 Å². The van der Waals surface area contributed by atoms with Crippen molar-refractivity contribution < 1.29 is 9.53 Å². The van der Waals surface area contributed by atoms with E-state index in [1.807, 2.05) is 0 Å². The molecule has 0 radical (unpaired) electrons. The van der Waals surface area contributed by atoms with Crippen LogP contribution in [0.3, 0.4) is 0 Å². The van der Waals surface area contributed by atoms with Gasteiger partial charge in [-0.15, -0.1) is 0 Å². The molecular weight excluding hydrogens is 242 g/mol. The highest BCUT2D eigenvalue weighted by Crippen LogP contribution is 2.40. The van der Waals surface area contributed by atoms with Crippen LogP contribution in [0.5, 0.6) is 0 Å². The molecule has 5 heteroatoms. The molecule has 0 unspecified atom stereocenters. The number of aromatic nitrogens is 2. The highest BCUT2D eigenvalue weighted by atomic mass is 16.5. The van der Waals surface area contributed by atoms with Crippen LogP contribution in [0.2, 0.25) is 0 Å². The molecule has 1 aliphatic rings. The van der Waals surface area contributed by atoms with Crippen molar-refractivity contribution in [3.8, 4) is 0 Å². The van der Waals surface area contributed by atoms with Gasteiger partial charge in [0.15, 0.2) is 0 Å². The minimum Gasteiger partial charge on any atom is -0.469 e. The van der Waals surface area contributed by atoms with Crippen LogP contribution in [0, 0.1) is 11.3 Å². The van der Waals surface area contributed by atoms with Gasteiger partial charge in [-0.2, -0.15) is 0 Å². The molecular formula is C14H21N3O2. The number of rotatable bonds is 3. The maximum absolute atomic E-state index is 12.1. The number of esters is 1. The lowest BCUT2D eigenvalue weighted by Gasteiger charge is -2.42. The molecule has 0 spiro atoms. The number of anilines is 1. The summed E-state index contributed by atoms with van der Waals surface area (Å²) in [6.07, 6.45) is 5.06. The number of carbonyl (C=O) groups is 1. The SMILES string of the molecule is COC(=O)C1(C(C)C)CCN(c2ncccn2)CC1. The molecule has 1 fully saturated rings. The quantitative estimate of drug-likeness (QED) is 0.779. The van der Waals surface area contributed by atoms with E-state index in [-0.39, 0.29) is 17.3 Å². The first kappa shape index (κ1) is 13.8. The van der Waals surface area contributed by atoms with E-state index in [4.69, 9.17) is 4.74 Å². The third-order valence-corrected chi connectivity index (χ3v) is 4.19. The number of methoxy groups -OCH3 is 1. The smallest absolute Gasteiger partial charge is 0.312 e. The first-order valence-corrected chi connectivity index (χ1v) is 6.70. The summed E-state index contributed by atoms with van der Waals surface area (Å²) in [5.74, 6) is 0.930. The predicted octanol–water partition coefficient (Wildman–Crippen LogP) is 1.89. The van der Waals surface area contributed by atoms with Gasteiger partial charge in [0, 0.05) is 25.5 Å². The zero-order valence-corrected chi connectivity index (χ0v) is 11.8. The number of hydrogen-bond donors (Lipinski definition) is 0. The predicted molar refractivity (Wildman–Crippen MR) is 72.8 cm³/mol. The number of piperidine rings is 1. The summed E-state index contributed by atoms with van der Waals surface area (Å²) in [6.45, 7) is 5.76. The van der Waals surface area contributed by atoms with Crippen LogP contribution in [0.4, 0.5) is 5.95 Å². The Morgan fingerprint density at radius 1 is 1.32 bits per heavy atom. The van der Waals surface area contributed by atoms with Crippen LogP contribution < -0.4 is 4.90 Å². The maximum Gasteiger partial charge on any atom is 0.312 e. The molecule has 0 bridgehead atoms. The van der Waals surface area contributed by atoms with Crippen LogP contribution in [-0.4, -0.2) is 36.1 Å². The van der Waals surface area contributed by atoms with Crippen molar-refractivity contribution in [3.05, 3.63) is 18.5 Å². The maximum atomic E-state index is 12.1. The van der Waals surface area contributed by atoms with Crippen molar-refractivity contribution in [2.75, 3.05) is 25.1 Å². The molecule has 5 nitrogen and oxygen atoms in total. The van der Waals surface area contributed by atoms with Gasteiger partial charge in [0.05, 0.1) is 12.5 Å². The second-order valence-corrected chi connectivity index (χ2v) is 5.34. The van der Waals surface area contributed by atoms with E-state index in [9.17, 15) is 4.79 Å². The fourth-order valence-electron chi connectivity index (χ4n) is 2.78. The van der Waals surface area contributed by atoms with Gasteiger partial charge >= 0.3 is 5.97 Å². The molecule has 1 aliphatic heterocycles. The Balaban J connectivity index is 2.10. The Morgan fingerprint density at radius 2 is 1.89 bits per heavy atom. The lowest BCUT2D eigenvalue weighted by Crippen LogP contribution is -2.48. The second-order valence-electron chi connectivity index (χ2n) is 5.34. The van der Waals surface area contributed by atoms with E-state index in [2.05, 4.69) is 28.7 Å². The van der Waals surface area contributed by atoms with Crippen molar-refractivity contribution in [2.24, 2.45) is 11.3 Å². The summed E-state index contributed by atoms with van der Waals surface area (Å²) < 4.78 is 5.01. The van der Waals surface area contributed by atoms with Gasteiger partial charge in [-0.3, -0.25) is 4.79 Å². The largest absolute Gasteiger partial charge is 0.469 e. The summed E-state index contributed by atoms with van der Waals surface area (Å²) in [5, 5.41) is 0. The topological polar surface area (TPSA) is 55.3 Å². The summed E-state index contributed by atoms with van der Waals surface area (Å²) in [6, 6.07) is 1.81. The average molecular weight is 263 g/mol. The third kappa shape index (κ3) is 2.55. The molecule has 19 heavy (non-hydrogen) atoms. The molecule has 2 rings (SSSR count). The molecule has 1 aromatic heterocycles. The number of hydrogen-bond acceptors (Lipinski definition) is 5. The van der Waals surface area contributed by atoms with Gasteiger partial charge in [-0.25, -0.2) is 9.97 Å². The minimum absolute atomic E-state index is 0.0869. The van der Waals surface area contributed by atoms with Gasteiger partial charge in [0.1, 0.15) is 0 Å². The van der Waals surface area contributed by atoms with Crippen molar-refractivity contribution in [1.29, 1.82) is 0 Å². The summed E-state index contributed by atoms with van der Waals surface area (Å²) in [7, 11) is 1.47. The molecule has 1 saturated heterocycles. The fourth-order valence-corrected chi connectivity index (χ4v) is 2.78. The molecule has 2 heterocycles. The van der Waals surface area contributed by atoms with E-state index in [0.717, 1.165) is 31.9 Å². The Morgan fingerprint density at radius 3 is 2.37 bits per heavy atom. The molecule has 0 aliphatic carbocycles. The zero-order chi connectivity index (χ0) is 13.9. The Labute approximate surface area is 114 Å². The lowest BCUT2D eigenvalue weighted by atomic mass is 9.70. The first-order chi connectivity index (χ1) is 9.10. The Bertz CT molecular complexity index is 426. The molecule has 0 aromatic carbocycles. The van der Waals surface area contributed by atoms with Gasteiger partial charge in [0.2, 0.25) is 5.95 Å². The first-order valence-electron chi connectivity index (χ1n) is 6.70. The van der Waals surface area contributed by atoms with Crippen molar-refractivity contribution >= 4 is 11.9 Å². The van der Waals surface area contributed by atoms with Crippen LogP contribution in [0.15, 0.2) is 18.5 Å². The van der Waals surface area contributed by atoms with Crippen LogP contribution in [0.1, 0.15) is 26.7 Å². The lowest BCUT2D eigenvalue weighted by molar-refractivity contribution is -0.157. The van der Waals surface area contributed by atoms with Crippen LogP contribution in [-0.2, 0) is 9.53 Å². The van der Waals surface area contributed by atoms with Crippen LogP contribution in [0.25, 0.3) is 0 Å². The fraction of sp³-hybridized carbons (Fsp3) is 0.643. The molecule has 0 atom stereocenters. The van der Waals surface area contributed by atoms with E-state index >= 15 is 0 Å². The molecule has 104 valence electrons. The molecule has 0 N–H and O–H groups in total. The van der Waals surface area contributed by atoms with E-state index < -0.39 is 0 Å². The monoisotopic (exact) mass is 263 g/mol. The summed E-state index contributed by atoms with van der Waals surface area (Å²) in [5.41, 5.74) is -0.361. The second kappa shape index (κ2) is 5.55. The minimum atomic E-state index is -0.361. The standard InChI is InChI=1S/C14H21N3O2/c1-11(2)14(12(18)19-3)5-9-17(10-6-14)13-15-7-4-8-16-13/h4,7-8,11H,5-6,9-10H2,1-3H3. The highest BCUT2D eigenvalue weighted by Gasteiger charge is 2.45. The van der Waals surface area contributed by atoms with Crippen LogP contribution >= 0.6 is 0 Å². The summed E-state index contributed by atoms with van der Waals surface area (Å²) in [4.78, 5) is 22.7. The third-order valence-electron chi connectivity index (χ3n) is 4.19. The van der Waals surface area contributed by atoms with Gasteiger partial charge in [-0.1, -0.05) is 13.8 Å². The average Bonchev–Trinajstić information content (AvgIpc) is 2.47. The van der Waals surface area contributed by atoms with E-state index in [0.29, 0.717) is 0 Å². The van der Waals surface area contributed by atoms with Crippen molar-refractivity contribution in [1.82, 2.24) is 9.97 Å². The normalized spacial score (nSPS) is 18.4. The van der Waals surface area contributed by atoms with E-state index in [1.54, 1.807) is 18.5 Å². The summed E-state index contributed by atoms with van der Waals surface area (Å²) >= 11 is 0. The zero-order valence-electron chi connectivity index (χ0n) is 11.8. The van der Waals surface area contributed by atoms with Crippen molar-refractivity contribution in [2.45, 2.75) is 26.7 Å². The molecule has 0 saturated carbocycles. The number of nitrogens with zero attached hydrogens (tertiary/aromatic N) is 3. The van der Waals surface area contributed by atoms with Gasteiger partial charge in [-0.05, 0) is 24.8 Å². The highest BCUT2D eigenvalue weighted by molar-refractivity contribution is 5.77. The Hall–Kier alpha value is -1.65.